The van der Waals surface area contributed by atoms with Crippen LogP contribution >= 0.6 is 11.6 Å². The fraction of sp³-hybridized carbons (Fsp3) is 0.208. The van der Waals surface area contributed by atoms with Gasteiger partial charge >= 0.3 is 0 Å². The van der Waals surface area contributed by atoms with E-state index >= 15 is 0 Å². The summed E-state index contributed by atoms with van der Waals surface area (Å²) in [4.78, 5) is 30.7. The van der Waals surface area contributed by atoms with Crippen LogP contribution in [0.15, 0.2) is 54.7 Å². The maximum Gasteiger partial charge on any atom is 0.230 e. The van der Waals surface area contributed by atoms with E-state index < -0.39 is 0 Å². The lowest BCUT2D eigenvalue weighted by Gasteiger charge is -2.29. The van der Waals surface area contributed by atoms with E-state index in [0.29, 0.717) is 28.9 Å². The van der Waals surface area contributed by atoms with Gasteiger partial charge in [-0.2, -0.15) is 0 Å². The largest absolute Gasteiger partial charge is 0.294 e. The summed E-state index contributed by atoms with van der Waals surface area (Å²) < 4.78 is 0. The molecule has 0 aliphatic heterocycles. The smallest absolute Gasteiger partial charge is 0.230 e. The number of fused-ring (bicyclic) bond motifs is 2. The number of hydrogen-bond acceptors (Lipinski definition) is 6. The van der Waals surface area contributed by atoms with Crippen LogP contribution in [0.1, 0.15) is 36.3 Å². The predicted molar refractivity (Wildman–Crippen MR) is 122 cm³/mol. The molecule has 0 atom stereocenters. The first-order valence-electron chi connectivity index (χ1n) is 10.1. The lowest BCUT2D eigenvalue weighted by Crippen LogP contribution is -2.28. The Morgan fingerprint density at radius 2 is 1.77 bits per heavy atom. The van der Waals surface area contributed by atoms with Crippen molar-refractivity contribution in [2.45, 2.75) is 26.7 Å². The number of carbonyl (C=O) groups excluding carboxylic acids is 1. The Kier molecular flexibility index (Phi) is 4.67. The molecule has 4 aromatic rings. The van der Waals surface area contributed by atoms with E-state index in [1.807, 2.05) is 42.5 Å². The van der Waals surface area contributed by atoms with Gasteiger partial charge in [0.2, 0.25) is 11.9 Å². The van der Waals surface area contributed by atoms with Crippen molar-refractivity contribution in [3.63, 3.8) is 0 Å². The van der Waals surface area contributed by atoms with Crippen molar-refractivity contribution in [3.8, 4) is 11.3 Å². The molecule has 1 N–H and O–H groups in total. The third kappa shape index (κ3) is 3.86. The molecule has 1 aliphatic carbocycles. The lowest BCUT2D eigenvalue weighted by atomic mass is 9.76. The monoisotopic (exact) mass is 429 g/mol. The molecule has 0 saturated heterocycles. The van der Waals surface area contributed by atoms with Crippen molar-refractivity contribution in [1.29, 1.82) is 0 Å². The van der Waals surface area contributed by atoms with Crippen molar-refractivity contribution >= 4 is 40.2 Å². The van der Waals surface area contributed by atoms with Gasteiger partial charge in [-0.25, -0.2) is 19.9 Å². The summed E-state index contributed by atoms with van der Waals surface area (Å²) in [7, 11) is 0. The fourth-order valence-electron chi connectivity index (χ4n) is 3.96. The Hall–Kier alpha value is -3.38. The first-order valence-corrected chi connectivity index (χ1v) is 10.4. The van der Waals surface area contributed by atoms with E-state index in [9.17, 15) is 4.79 Å². The van der Waals surface area contributed by atoms with Crippen molar-refractivity contribution in [2.24, 2.45) is 5.41 Å². The van der Waals surface area contributed by atoms with Crippen molar-refractivity contribution < 1.29 is 4.79 Å². The Morgan fingerprint density at radius 3 is 2.58 bits per heavy atom. The van der Waals surface area contributed by atoms with Gasteiger partial charge in [-0.3, -0.25) is 10.1 Å². The van der Waals surface area contributed by atoms with Gasteiger partial charge in [-0.05, 0) is 30.0 Å². The van der Waals surface area contributed by atoms with Crippen LogP contribution in [-0.2, 0) is 6.42 Å². The molecule has 0 radical (unpaired) electrons. The van der Waals surface area contributed by atoms with Gasteiger partial charge in [0.25, 0.3) is 0 Å². The second kappa shape index (κ2) is 7.39. The van der Waals surface area contributed by atoms with Gasteiger partial charge in [-0.15, -0.1) is 0 Å². The number of nitrogens with one attached hydrogen (secondary N) is 1. The number of carbonyl (C=O) groups is 1. The minimum atomic E-state index is -0.116. The van der Waals surface area contributed by atoms with Crippen LogP contribution in [-0.4, -0.2) is 25.7 Å². The summed E-state index contributed by atoms with van der Waals surface area (Å²) in [5.74, 6) is 0.842. The molecule has 154 valence electrons. The zero-order chi connectivity index (χ0) is 21.6. The standard InChI is InChI=1S/C24H20ClN5O/c1-24(2)11-19-17(20(31)12-24)13-26-22(28-19)30-23-27-18-9-8-15(25)10-16(18)21(29-23)14-6-4-3-5-7-14/h3-10,13H,11-12H2,1-2H3,(H,26,27,28,29,30). The first-order chi connectivity index (χ1) is 14.9. The van der Waals surface area contributed by atoms with Crippen molar-refractivity contribution in [1.82, 2.24) is 19.9 Å². The van der Waals surface area contributed by atoms with Gasteiger partial charge in [0.15, 0.2) is 5.78 Å². The summed E-state index contributed by atoms with van der Waals surface area (Å²) in [6.07, 6.45) is 2.83. The third-order valence-electron chi connectivity index (χ3n) is 5.38. The molecule has 2 aromatic carbocycles. The number of rotatable bonds is 3. The average molecular weight is 430 g/mol. The number of hydrogen-bond donors (Lipinski definition) is 1. The van der Waals surface area contributed by atoms with E-state index in [-0.39, 0.29) is 11.2 Å². The Bertz CT molecular complexity index is 1320. The molecule has 2 heterocycles. The number of aromatic nitrogens is 4. The number of ketones is 1. The van der Waals surface area contributed by atoms with Gasteiger partial charge in [-0.1, -0.05) is 55.8 Å². The molecule has 0 bridgehead atoms. The molecule has 31 heavy (non-hydrogen) atoms. The third-order valence-corrected chi connectivity index (χ3v) is 5.62. The van der Waals surface area contributed by atoms with E-state index in [4.69, 9.17) is 16.6 Å². The number of Topliss-reactive ketones (excluding diaryl/α,β-unsaturated/α-hetero) is 1. The normalized spacial score (nSPS) is 15.0. The lowest BCUT2D eigenvalue weighted by molar-refractivity contribution is 0.0910. The summed E-state index contributed by atoms with van der Waals surface area (Å²) in [5.41, 5.74) is 3.73. The van der Waals surface area contributed by atoms with E-state index in [1.54, 1.807) is 12.3 Å². The highest BCUT2D eigenvalue weighted by molar-refractivity contribution is 6.31. The quantitative estimate of drug-likeness (QED) is 0.454. The summed E-state index contributed by atoms with van der Waals surface area (Å²) in [5, 5.41) is 4.61. The molecule has 5 rings (SSSR count). The topological polar surface area (TPSA) is 80.7 Å². The van der Waals surface area contributed by atoms with Gasteiger partial charge in [0, 0.05) is 28.6 Å². The molecule has 0 fully saturated rings. The second-order valence-electron chi connectivity index (χ2n) is 8.54. The molecule has 2 aromatic heterocycles. The molecule has 0 saturated carbocycles. The van der Waals surface area contributed by atoms with Crippen LogP contribution < -0.4 is 5.32 Å². The number of nitrogens with zero attached hydrogens (tertiary/aromatic N) is 4. The number of halogens is 1. The minimum absolute atomic E-state index is 0.0861. The molecule has 0 spiro atoms. The maximum absolute atomic E-state index is 12.4. The van der Waals surface area contributed by atoms with Crippen LogP contribution in [0.25, 0.3) is 22.2 Å². The average Bonchev–Trinajstić information content (AvgIpc) is 2.73. The molecule has 1 aliphatic rings. The SMILES string of the molecule is CC1(C)CC(=O)c2cnc(Nc3nc(-c4ccccc4)c4cc(Cl)ccc4n3)nc2C1. The van der Waals surface area contributed by atoms with Crippen LogP contribution in [0, 0.1) is 5.41 Å². The molecule has 0 unspecified atom stereocenters. The summed E-state index contributed by atoms with van der Waals surface area (Å²) in [6.45, 7) is 4.15. The summed E-state index contributed by atoms with van der Waals surface area (Å²) in [6, 6.07) is 15.4. The van der Waals surface area contributed by atoms with Crippen molar-refractivity contribution in [2.75, 3.05) is 5.32 Å². The Labute approximate surface area is 184 Å². The minimum Gasteiger partial charge on any atom is -0.294 e. The molecule has 7 heteroatoms. The van der Waals surface area contributed by atoms with Crippen LogP contribution in [0.3, 0.4) is 0 Å². The highest BCUT2D eigenvalue weighted by Gasteiger charge is 2.32. The first kappa shape index (κ1) is 19.6. The van der Waals surface area contributed by atoms with E-state index in [2.05, 4.69) is 34.1 Å². The van der Waals surface area contributed by atoms with Crippen LogP contribution in [0.2, 0.25) is 5.02 Å². The number of anilines is 2. The van der Waals surface area contributed by atoms with E-state index in [0.717, 1.165) is 34.3 Å². The maximum atomic E-state index is 12.4. The van der Waals surface area contributed by atoms with Crippen LogP contribution in [0.4, 0.5) is 11.9 Å². The van der Waals surface area contributed by atoms with Crippen molar-refractivity contribution in [3.05, 3.63) is 71.0 Å². The fourth-order valence-corrected chi connectivity index (χ4v) is 4.14. The summed E-state index contributed by atoms with van der Waals surface area (Å²) >= 11 is 6.23. The van der Waals surface area contributed by atoms with Gasteiger partial charge in [0.05, 0.1) is 22.5 Å². The van der Waals surface area contributed by atoms with Gasteiger partial charge < -0.3 is 0 Å². The zero-order valence-corrected chi connectivity index (χ0v) is 17.9. The zero-order valence-electron chi connectivity index (χ0n) is 17.2. The Balaban J connectivity index is 1.58. The Morgan fingerprint density at radius 1 is 0.968 bits per heavy atom. The highest BCUT2D eigenvalue weighted by atomic mass is 35.5. The molecule has 0 amide bonds. The molecular formula is C24H20ClN5O. The second-order valence-corrected chi connectivity index (χ2v) is 8.98. The van der Waals surface area contributed by atoms with Gasteiger partial charge in [0.1, 0.15) is 0 Å². The molecular weight excluding hydrogens is 410 g/mol. The van der Waals surface area contributed by atoms with Crippen LogP contribution in [0.5, 0.6) is 0 Å². The predicted octanol–water partition coefficient (Wildman–Crippen LogP) is 5.64. The molecule has 6 nitrogen and oxygen atoms in total. The van der Waals surface area contributed by atoms with E-state index in [1.165, 1.54) is 0 Å². The highest BCUT2D eigenvalue weighted by Crippen LogP contribution is 2.34. The number of benzene rings is 2.